The van der Waals surface area contributed by atoms with E-state index in [0.717, 1.165) is 9.95 Å². The number of anilines is 1. The first kappa shape index (κ1) is 12.5. The van der Waals surface area contributed by atoms with Crippen LogP contribution in [-0.4, -0.2) is 10.5 Å². The topological polar surface area (TPSA) is 91.4 Å². The number of nitrogen functional groups attached to an aromatic ring is 1. The minimum Gasteiger partial charge on any atom is -0.451 e. The van der Waals surface area contributed by atoms with E-state index < -0.39 is 11.7 Å². The van der Waals surface area contributed by atoms with Gasteiger partial charge < -0.3 is 14.6 Å². The monoisotopic (exact) mass is 294 g/mol. The van der Waals surface area contributed by atoms with E-state index in [1.807, 2.05) is 12.1 Å². The number of para-hydroxylation sites is 2. The Morgan fingerprint density at radius 3 is 2.68 bits per heavy atom. The van der Waals surface area contributed by atoms with Gasteiger partial charge in [-0.05, 0) is 24.3 Å². The third-order valence-electron chi connectivity index (χ3n) is 3.48. The predicted octanol–water partition coefficient (Wildman–Crippen LogP) is 2.61. The zero-order valence-corrected chi connectivity index (χ0v) is 11.3. The Morgan fingerprint density at radius 2 is 1.86 bits per heavy atom. The third kappa shape index (κ3) is 1.67. The van der Waals surface area contributed by atoms with Crippen LogP contribution in [0.25, 0.3) is 22.1 Å². The van der Waals surface area contributed by atoms with E-state index in [0.29, 0.717) is 16.8 Å². The maximum absolute atomic E-state index is 12.6. The molecule has 2 aromatic heterocycles. The van der Waals surface area contributed by atoms with Crippen LogP contribution < -0.4 is 11.5 Å². The molecule has 2 heterocycles. The Bertz CT molecular complexity index is 1050. The highest BCUT2D eigenvalue weighted by Gasteiger charge is 2.21. The quantitative estimate of drug-likeness (QED) is 0.545. The zero-order valence-electron chi connectivity index (χ0n) is 11.3. The fourth-order valence-electron chi connectivity index (χ4n) is 2.45. The summed E-state index contributed by atoms with van der Waals surface area (Å²) in [5, 5.41) is 0.784. The smallest absolute Gasteiger partial charge is 0.427 e. The summed E-state index contributed by atoms with van der Waals surface area (Å²) in [7, 11) is 0. The minimum absolute atomic E-state index is 0.0634. The van der Waals surface area contributed by atoms with Gasteiger partial charge in [-0.25, -0.2) is 9.36 Å². The lowest BCUT2D eigenvalue weighted by Crippen LogP contribution is -2.22. The van der Waals surface area contributed by atoms with E-state index in [1.54, 1.807) is 36.4 Å². The molecule has 0 saturated heterocycles. The Hall–Kier alpha value is -3.28. The van der Waals surface area contributed by atoms with Crippen LogP contribution >= 0.6 is 0 Å². The third-order valence-corrected chi connectivity index (χ3v) is 3.48. The second-order valence-electron chi connectivity index (χ2n) is 4.85. The molecule has 0 fully saturated rings. The summed E-state index contributed by atoms with van der Waals surface area (Å²) >= 11 is 0. The van der Waals surface area contributed by atoms with E-state index in [2.05, 4.69) is 0 Å². The largest absolute Gasteiger partial charge is 0.451 e. The lowest BCUT2D eigenvalue weighted by Gasteiger charge is -1.98. The molecule has 22 heavy (non-hydrogen) atoms. The van der Waals surface area contributed by atoms with Gasteiger partial charge in [0.15, 0.2) is 11.3 Å². The number of carbonyl (C=O) groups is 1. The van der Waals surface area contributed by atoms with Gasteiger partial charge >= 0.3 is 11.7 Å². The lowest BCUT2D eigenvalue weighted by molar-refractivity contribution is 0.0931. The molecule has 0 radical (unpaired) electrons. The average molecular weight is 294 g/mol. The van der Waals surface area contributed by atoms with Gasteiger partial charge in [-0.2, -0.15) is 0 Å². The standard InChI is InChI=1S/C16H10N2O4/c17-10-5-3-6-11-14(10)22-16(20)18(11)15(19)13-8-9-4-1-2-7-12(9)21-13/h1-8H,17H2. The van der Waals surface area contributed by atoms with E-state index in [9.17, 15) is 9.59 Å². The molecular weight excluding hydrogens is 284 g/mol. The summed E-state index contributed by atoms with van der Waals surface area (Å²) in [6, 6.07) is 13.7. The van der Waals surface area contributed by atoms with Crippen LogP contribution in [0.5, 0.6) is 0 Å². The maximum atomic E-state index is 12.6. The summed E-state index contributed by atoms with van der Waals surface area (Å²) in [5.74, 6) is -1.32. The van der Waals surface area contributed by atoms with Gasteiger partial charge in [0.2, 0.25) is 0 Å². The molecule has 2 aromatic carbocycles. The Kier molecular flexibility index (Phi) is 2.47. The van der Waals surface area contributed by atoms with Crippen molar-refractivity contribution in [2.75, 3.05) is 5.73 Å². The van der Waals surface area contributed by atoms with Crippen LogP contribution in [0.15, 0.2) is 62.2 Å². The van der Waals surface area contributed by atoms with Gasteiger partial charge in [-0.1, -0.05) is 24.3 Å². The first-order chi connectivity index (χ1) is 10.6. The fraction of sp³-hybridized carbons (Fsp3) is 0. The van der Waals surface area contributed by atoms with Crippen molar-refractivity contribution in [3.8, 4) is 0 Å². The average Bonchev–Trinajstić information content (AvgIpc) is 3.08. The van der Waals surface area contributed by atoms with E-state index >= 15 is 0 Å². The van der Waals surface area contributed by atoms with Crippen LogP contribution in [0.3, 0.4) is 0 Å². The fourth-order valence-corrected chi connectivity index (χ4v) is 2.45. The molecule has 0 saturated carbocycles. The zero-order chi connectivity index (χ0) is 15.3. The van der Waals surface area contributed by atoms with Crippen molar-refractivity contribution in [2.24, 2.45) is 0 Å². The van der Waals surface area contributed by atoms with Crippen molar-refractivity contribution in [1.29, 1.82) is 0 Å². The second kappa shape index (κ2) is 4.36. The van der Waals surface area contributed by atoms with Crippen molar-refractivity contribution >= 4 is 33.7 Å². The van der Waals surface area contributed by atoms with Crippen molar-refractivity contribution in [2.45, 2.75) is 0 Å². The van der Waals surface area contributed by atoms with Crippen LogP contribution in [0.1, 0.15) is 10.6 Å². The molecule has 0 aliphatic heterocycles. The number of furan rings is 1. The Balaban J connectivity index is 1.95. The molecule has 2 N–H and O–H groups in total. The van der Waals surface area contributed by atoms with Gasteiger partial charge in [0.05, 0.1) is 5.69 Å². The highest BCUT2D eigenvalue weighted by atomic mass is 16.4. The van der Waals surface area contributed by atoms with Gasteiger partial charge in [-0.3, -0.25) is 4.79 Å². The van der Waals surface area contributed by atoms with Crippen molar-refractivity contribution < 1.29 is 13.6 Å². The molecule has 0 bridgehead atoms. The number of nitrogens with zero attached hydrogens (tertiary/aromatic N) is 1. The van der Waals surface area contributed by atoms with Crippen molar-refractivity contribution in [1.82, 2.24) is 4.57 Å². The molecule has 0 unspecified atom stereocenters. The summed E-state index contributed by atoms with van der Waals surface area (Å²) in [6.45, 7) is 0. The van der Waals surface area contributed by atoms with E-state index in [-0.39, 0.29) is 11.3 Å². The molecule has 4 rings (SSSR count). The number of fused-ring (bicyclic) bond motifs is 2. The van der Waals surface area contributed by atoms with Crippen molar-refractivity contribution in [3.05, 3.63) is 64.8 Å². The van der Waals surface area contributed by atoms with Gasteiger partial charge in [0.1, 0.15) is 11.1 Å². The second-order valence-corrected chi connectivity index (χ2v) is 4.85. The predicted molar refractivity (Wildman–Crippen MR) is 80.8 cm³/mol. The van der Waals surface area contributed by atoms with E-state index in [4.69, 9.17) is 14.6 Å². The van der Waals surface area contributed by atoms with E-state index in [1.165, 1.54) is 0 Å². The van der Waals surface area contributed by atoms with Gasteiger partial charge in [0.25, 0.3) is 0 Å². The van der Waals surface area contributed by atoms with Crippen LogP contribution in [-0.2, 0) is 0 Å². The number of rotatable bonds is 1. The first-order valence-electron chi connectivity index (χ1n) is 6.58. The minimum atomic E-state index is -0.793. The Morgan fingerprint density at radius 1 is 1.05 bits per heavy atom. The Labute approximate surface area is 123 Å². The maximum Gasteiger partial charge on any atom is 0.427 e. The van der Waals surface area contributed by atoms with Crippen LogP contribution in [0.4, 0.5) is 5.69 Å². The summed E-state index contributed by atoms with van der Waals surface area (Å²) in [6.07, 6.45) is 0. The highest BCUT2D eigenvalue weighted by molar-refractivity contribution is 6.02. The molecule has 0 aliphatic carbocycles. The number of hydrogen-bond acceptors (Lipinski definition) is 5. The molecule has 0 aliphatic rings. The highest BCUT2D eigenvalue weighted by Crippen LogP contribution is 2.23. The summed E-state index contributed by atoms with van der Waals surface area (Å²) < 4.78 is 11.5. The van der Waals surface area contributed by atoms with Crippen LogP contribution in [0.2, 0.25) is 0 Å². The van der Waals surface area contributed by atoms with Gasteiger partial charge in [-0.15, -0.1) is 0 Å². The number of carbonyl (C=O) groups excluding carboxylic acids is 1. The molecule has 6 heteroatoms. The number of benzene rings is 2. The summed E-state index contributed by atoms with van der Waals surface area (Å²) in [5.41, 5.74) is 7.14. The molecular formula is C16H10N2O4. The number of oxazole rings is 1. The molecule has 0 atom stereocenters. The lowest BCUT2D eigenvalue weighted by atomic mass is 10.2. The van der Waals surface area contributed by atoms with Crippen LogP contribution in [0, 0.1) is 0 Å². The van der Waals surface area contributed by atoms with Gasteiger partial charge in [0, 0.05) is 5.39 Å². The first-order valence-corrected chi connectivity index (χ1v) is 6.58. The number of nitrogens with two attached hydrogens (primary N) is 1. The molecule has 6 nitrogen and oxygen atoms in total. The molecule has 4 aromatic rings. The number of hydrogen-bond donors (Lipinski definition) is 1. The normalized spacial score (nSPS) is 11.3. The van der Waals surface area contributed by atoms with Crippen molar-refractivity contribution in [3.63, 3.8) is 0 Å². The number of aromatic nitrogens is 1. The molecule has 0 amide bonds. The molecule has 108 valence electrons. The summed E-state index contributed by atoms with van der Waals surface area (Å²) in [4.78, 5) is 24.6. The SMILES string of the molecule is Nc1cccc2c1oc(=O)n2C(=O)c1cc2ccccc2o1. The molecule has 0 spiro atoms.